The van der Waals surface area contributed by atoms with Gasteiger partial charge >= 0.3 is 25.8 Å². The average molecular weight is 1610 g/mol. The number of benzene rings is 1. The van der Waals surface area contributed by atoms with E-state index in [1.807, 2.05) is 20.1 Å². The Morgan fingerprint density at radius 3 is 1.41 bits per heavy atom. The number of rotatable bonds is 42. The minimum atomic E-state index is -1.78. The second kappa shape index (κ2) is 45.7. The van der Waals surface area contributed by atoms with E-state index < -0.39 is 189 Å². The molecule has 1 saturated heterocycles. The summed E-state index contributed by atoms with van der Waals surface area (Å²) in [5.74, 6) is -15.2. The second-order valence-electron chi connectivity index (χ2n) is 26.3. The number of nitrogens with two attached hydrogens (primary N) is 2. The Hall–Kier alpha value is -9.71. The van der Waals surface area contributed by atoms with E-state index in [1.54, 1.807) is 49.2 Å². The standard InChI is InChI=1S/C66H99N21O18S.In/c1-37(2)21-46(62(101)79-45(59(68)98)11-20-106-6)80-63(102)48(23-41-27-69-35-74-41)77-53(90)30-73-66(105)58(38(3)4)83-60(99)39(5)76-61(100)47(22-40-26-71-44-10-8-7-9-43(40)44)81-64(103)49(24-42-28-70-36-75-42)82-65(104)50(25-51(67)88)78-52(89)29-72-54(91)31-84-12-14-85(32-55(92)93)16-18-87(34-57(96)97)19-17-86(15-13-84)33-56(94)95;/h7-10,26-28,35-39,45-50,58,71H,11-25,29-34H2,1-6H3,(H2,67,88)(H2,68,98)(H,69,74)(H,70,75)(H,72,91)(H,73,105)(H,76,100)(H,77,90)(H,78,89)(H,79,101)(H,80,102)(H,81,103)(H,82,104)(H,83,99)(H,92,93)(H,94,95)(H,96,97);/q;+3/p-3/t39-,45-,46-,47-,48-,49-,50-,58-;/m0./s1/i;1-4. The Balaban J connectivity index is 0.0000242. The normalized spacial score (nSPS) is 15.6. The number of primary amides is 2. The van der Waals surface area contributed by atoms with E-state index in [-0.39, 0.29) is 122 Å². The topological polar surface area (TPSA) is 584 Å². The summed E-state index contributed by atoms with van der Waals surface area (Å²) < 4.78 is 0. The maximum atomic E-state index is 14.7. The first-order chi connectivity index (χ1) is 50.3. The van der Waals surface area contributed by atoms with Gasteiger partial charge in [0, 0.05) is 132 Å². The van der Waals surface area contributed by atoms with Gasteiger partial charge in [-0.15, -0.1) is 0 Å². The van der Waals surface area contributed by atoms with E-state index in [0.29, 0.717) is 27.9 Å². The maximum absolute atomic E-state index is 14.7. The summed E-state index contributed by atoms with van der Waals surface area (Å²) in [5.41, 5.74) is 13.0. The fourth-order valence-electron chi connectivity index (χ4n) is 11.3. The van der Waals surface area contributed by atoms with Gasteiger partial charge in [0.05, 0.1) is 56.6 Å². The van der Waals surface area contributed by atoms with Gasteiger partial charge in [0.1, 0.15) is 48.3 Å². The summed E-state index contributed by atoms with van der Waals surface area (Å²) in [6.07, 6.45) is 7.69. The van der Waals surface area contributed by atoms with Crippen molar-refractivity contribution in [2.24, 2.45) is 23.3 Å². The number of nitrogens with one attached hydrogen (secondary N) is 13. The van der Waals surface area contributed by atoms with Gasteiger partial charge in [-0.25, -0.2) is 9.97 Å². The number of hydrogen-bond donors (Lipinski definition) is 15. The number of carbonyl (C=O) groups excluding carboxylic acids is 15. The number of H-pyrrole nitrogens is 3. The van der Waals surface area contributed by atoms with Crippen LogP contribution in [0.15, 0.2) is 55.5 Å². The molecule has 1 fully saturated rings. The summed E-state index contributed by atoms with van der Waals surface area (Å²) in [5, 5.41) is 60.9. The number of para-hydroxylation sites is 1. The van der Waals surface area contributed by atoms with Crippen molar-refractivity contribution < 1.29 is 87.2 Å². The predicted octanol–water partition coefficient (Wildman–Crippen LogP) is -10.3. The monoisotopic (exact) mass is 1610 g/mol. The van der Waals surface area contributed by atoms with Crippen molar-refractivity contribution in [3.05, 3.63) is 72.5 Å². The largest absolute Gasteiger partial charge is 3.00 e. The molecular weight excluding hydrogens is 1520 g/mol. The Labute approximate surface area is 639 Å². The molecule has 0 bridgehead atoms. The first kappa shape index (κ1) is 89.7. The molecule has 582 valence electrons. The molecule has 4 heterocycles. The molecule has 0 radical (unpaired) electrons. The number of carboxylic acid groups (broad SMARTS) is 3. The zero-order valence-electron chi connectivity index (χ0n) is 60.5. The molecular formula is C66H96InN21O18S. The number of carboxylic acids is 3. The molecule has 41 heteroatoms. The molecule has 1 aromatic carbocycles. The molecule has 3 aromatic heterocycles. The number of aromatic nitrogens is 5. The third-order valence-corrected chi connectivity index (χ3v) is 17.5. The molecule has 0 saturated carbocycles. The molecule has 1 aliphatic heterocycles. The molecule has 0 spiro atoms. The van der Waals surface area contributed by atoms with E-state index in [9.17, 15) is 87.2 Å². The minimum absolute atomic E-state index is 0. The molecule has 17 N–H and O–H groups in total. The molecule has 5 rings (SSSR count). The minimum Gasteiger partial charge on any atom is -0.549 e. The maximum Gasteiger partial charge on any atom is 3.00 e. The van der Waals surface area contributed by atoms with Crippen molar-refractivity contribution in [3.63, 3.8) is 0 Å². The Morgan fingerprint density at radius 2 is 0.944 bits per heavy atom. The number of aliphatic carboxylic acids is 3. The van der Waals surface area contributed by atoms with Crippen LogP contribution in [0.25, 0.3) is 10.9 Å². The van der Waals surface area contributed by atoms with Gasteiger partial charge in [-0.05, 0) is 55.2 Å². The Bertz CT molecular complexity index is 3630. The quantitative estimate of drug-likeness (QED) is 0.0196. The number of hydrogen-bond acceptors (Lipinski definition) is 25. The molecule has 0 aliphatic carbocycles. The van der Waals surface area contributed by atoms with E-state index in [1.165, 1.54) is 58.4 Å². The van der Waals surface area contributed by atoms with Crippen molar-refractivity contribution in [1.29, 1.82) is 0 Å². The molecule has 0 unspecified atom stereocenters. The third-order valence-electron chi connectivity index (χ3n) is 16.9. The number of carbonyl (C=O) groups is 15. The summed E-state index contributed by atoms with van der Waals surface area (Å²) in [6.45, 7) is 4.92. The SMILES string of the molecule is CSCC[C@H](NC(=O)[C@H](CC(C)C)NC(=O)[C@H](Cc1cnc[nH]1)NC(=O)CNC(=O)[C@@H](NC(=O)[C@H](C)NC(=O)[C@H](Cc1c[nH]c2ccccc12)NC(=O)[C@H](Cc1cnc[nH]1)NC(=O)[C@H](CC(N)=O)NC(=O)CNC(=O)CN1CCN(CC(=O)[O-])CCN(CC(=O)[O-])CCN(CC(=O)[O-])CC1)C(C)C)C(N)=O.[111In+3]. The van der Waals surface area contributed by atoms with Crippen LogP contribution < -0.4 is 80.0 Å². The van der Waals surface area contributed by atoms with Crippen LogP contribution in [0.5, 0.6) is 0 Å². The molecule has 4 aromatic rings. The smallest absolute Gasteiger partial charge is 0.549 e. The molecule has 39 nitrogen and oxygen atoms in total. The van der Waals surface area contributed by atoms with Gasteiger partial charge in [-0.3, -0.25) is 77.1 Å². The van der Waals surface area contributed by atoms with E-state index >= 15 is 0 Å². The number of imidazole rings is 2. The zero-order chi connectivity index (χ0) is 78.2. The Kier molecular flexibility index (Phi) is 38.3. The van der Waals surface area contributed by atoms with Gasteiger partial charge in [-0.1, -0.05) is 45.9 Å². The first-order valence-electron chi connectivity index (χ1n) is 34.3. The summed E-state index contributed by atoms with van der Waals surface area (Å²) in [7, 11) is 0. The van der Waals surface area contributed by atoms with Crippen molar-refractivity contribution in [2.45, 2.75) is 121 Å². The van der Waals surface area contributed by atoms with Crippen LogP contribution in [0, 0.1) is 11.8 Å². The summed E-state index contributed by atoms with van der Waals surface area (Å²) in [6, 6.07) is -4.16. The number of nitrogens with zero attached hydrogens (tertiary/aromatic N) is 6. The van der Waals surface area contributed by atoms with Gasteiger partial charge < -0.3 is 109 Å². The van der Waals surface area contributed by atoms with Crippen molar-refractivity contribution in [1.82, 2.24) is 97.7 Å². The van der Waals surface area contributed by atoms with Crippen molar-refractivity contribution >= 4 is 137 Å². The molecule has 107 heavy (non-hydrogen) atoms. The molecule has 1 aliphatic rings. The van der Waals surface area contributed by atoms with Crippen molar-refractivity contribution in [3.8, 4) is 0 Å². The van der Waals surface area contributed by atoms with Gasteiger partial charge in [0.25, 0.3) is 0 Å². The van der Waals surface area contributed by atoms with Crippen LogP contribution in [0.4, 0.5) is 0 Å². The summed E-state index contributed by atoms with van der Waals surface area (Å²) in [4.78, 5) is 222. The van der Waals surface area contributed by atoms with Gasteiger partial charge in [-0.2, -0.15) is 11.8 Å². The zero-order valence-corrected chi connectivity index (χ0v) is 64.6. The fourth-order valence-corrected chi connectivity index (χ4v) is 11.7. The van der Waals surface area contributed by atoms with Crippen LogP contribution in [-0.2, 0) is 91.2 Å². The van der Waals surface area contributed by atoms with Gasteiger partial charge in [0.15, 0.2) is 0 Å². The molecule has 8 atom stereocenters. The number of fused-ring (bicyclic) bond motifs is 1. The fraction of sp³-hybridized carbons (Fsp3) is 0.561. The van der Waals surface area contributed by atoms with Crippen LogP contribution in [0.1, 0.15) is 70.8 Å². The predicted molar refractivity (Wildman–Crippen MR) is 381 cm³/mol. The second-order valence-corrected chi connectivity index (χ2v) is 27.3. The first-order valence-corrected chi connectivity index (χ1v) is 35.7. The van der Waals surface area contributed by atoms with E-state index in [4.69, 9.17) is 11.5 Å². The van der Waals surface area contributed by atoms with Crippen LogP contribution in [0.2, 0.25) is 0 Å². The van der Waals surface area contributed by atoms with Gasteiger partial charge in [0.2, 0.25) is 70.9 Å². The third kappa shape index (κ3) is 32.5. The van der Waals surface area contributed by atoms with E-state index in [0.717, 1.165) is 0 Å². The van der Waals surface area contributed by atoms with Crippen molar-refractivity contribution in [2.75, 3.05) is 104 Å². The average Bonchev–Trinajstić information content (AvgIpc) is 0.906. The number of aromatic amines is 3. The Morgan fingerprint density at radius 1 is 0.505 bits per heavy atom. The van der Waals surface area contributed by atoms with Crippen LogP contribution >= 0.6 is 11.8 Å². The van der Waals surface area contributed by atoms with Crippen LogP contribution in [0.3, 0.4) is 0 Å². The van der Waals surface area contributed by atoms with E-state index in [2.05, 4.69) is 78.1 Å². The van der Waals surface area contributed by atoms with Crippen LogP contribution in [-0.4, -0.2) is 311 Å². The summed E-state index contributed by atoms with van der Waals surface area (Å²) >= 11 is 1.44. The molecule has 12 amide bonds. The number of thioether (sulfide) groups is 1. The number of amides is 12.